The van der Waals surface area contributed by atoms with Gasteiger partial charge in [0.2, 0.25) is 0 Å². The Kier molecular flexibility index (Phi) is 4.30. The van der Waals surface area contributed by atoms with Crippen LogP contribution in [0.2, 0.25) is 0 Å². The lowest BCUT2D eigenvalue weighted by atomic mass is 9.67. The second-order valence-corrected chi connectivity index (χ2v) is 4.92. The van der Waals surface area contributed by atoms with Gasteiger partial charge in [0.15, 0.2) is 11.5 Å². The van der Waals surface area contributed by atoms with Gasteiger partial charge in [-0.1, -0.05) is 18.6 Å². The average molecular weight is 264 g/mol. The van der Waals surface area contributed by atoms with Crippen molar-refractivity contribution in [3.8, 4) is 11.5 Å². The van der Waals surface area contributed by atoms with Crippen LogP contribution in [-0.2, 0) is 4.79 Å². The summed E-state index contributed by atoms with van der Waals surface area (Å²) in [6, 6.07) is 7.48. The largest absolute Gasteiger partial charge is 0.490 e. The summed E-state index contributed by atoms with van der Waals surface area (Å²) in [4.78, 5) is 11.2. The molecule has 0 aromatic heterocycles. The predicted molar refractivity (Wildman–Crippen MR) is 71.6 cm³/mol. The van der Waals surface area contributed by atoms with Gasteiger partial charge in [-0.15, -0.1) is 0 Å². The van der Waals surface area contributed by atoms with E-state index in [-0.39, 0.29) is 0 Å². The van der Waals surface area contributed by atoms with Crippen LogP contribution < -0.4 is 9.47 Å². The van der Waals surface area contributed by atoms with E-state index in [9.17, 15) is 9.90 Å². The molecular weight excluding hydrogens is 244 g/mol. The molecule has 1 aliphatic rings. The fourth-order valence-corrected chi connectivity index (χ4v) is 2.37. The standard InChI is InChI=1S/C15H20O4/c1-2-18-12-6-3-4-7-13(12)19-11-10-15(14(16)17)8-5-9-15/h3-4,6-7H,2,5,8-11H2,1H3,(H,16,17). The molecular formula is C15H20O4. The quantitative estimate of drug-likeness (QED) is 0.822. The van der Waals surface area contributed by atoms with Crippen molar-refractivity contribution in [1.82, 2.24) is 0 Å². The molecule has 1 saturated carbocycles. The number of aliphatic carboxylic acids is 1. The minimum Gasteiger partial charge on any atom is -0.490 e. The van der Waals surface area contributed by atoms with Crippen LogP contribution in [0.4, 0.5) is 0 Å². The minimum atomic E-state index is -0.694. The van der Waals surface area contributed by atoms with Gasteiger partial charge in [0, 0.05) is 0 Å². The first-order chi connectivity index (χ1) is 9.18. The van der Waals surface area contributed by atoms with Gasteiger partial charge in [-0.3, -0.25) is 4.79 Å². The molecule has 4 heteroatoms. The molecule has 19 heavy (non-hydrogen) atoms. The van der Waals surface area contributed by atoms with Crippen LogP contribution >= 0.6 is 0 Å². The summed E-state index contributed by atoms with van der Waals surface area (Å²) >= 11 is 0. The smallest absolute Gasteiger partial charge is 0.309 e. The van der Waals surface area contributed by atoms with Crippen LogP contribution in [0.5, 0.6) is 11.5 Å². The highest BCUT2D eigenvalue weighted by molar-refractivity contribution is 5.75. The Balaban J connectivity index is 1.90. The van der Waals surface area contributed by atoms with Crippen molar-refractivity contribution >= 4 is 5.97 Å². The molecule has 0 heterocycles. The fourth-order valence-electron chi connectivity index (χ4n) is 2.37. The van der Waals surface area contributed by atoms with Gasteiger partial charge in [0.1, 0.15) is 0 Å². The lowest BCUT2D eigenvalue weighted by Crippen LogP contribution is -2.39. The van der Waals surface area contributed by atoms with Crippen LogP contribution in [0.15, 0.2) is 24.3 Å². The molecule has 1 fully saturated rings. The van der Waals surface area contributed by atoms with Crippen molar-refractivity contribution in [3.63, 3.8) is 0 Å². The highest BCUT2D eigenvalue weighted by atomic mass is 16.5. The Labute approximate surface area is 113 Å². The molecule has 0 radical (unpaired) electrons. The molecule has 4 nitrogen and oxygen atoms in total. The second-order valence-electron chi connectivity index (χ2n) is 4.92. The van der Waals surface area contributed by atoms with E-state index in [0.29, 0.717) is 31.1 Å². The number of rotatable bonds is 7. The number of carboxylic acids is 1. The lowest BCUT2D eigenvalue weighted by Gasteiger charge is -2.37. The molecule has 0 spiro atoms. The molecule has 1 aromatic rings. The predicted octanol–water partition coefficient (Wildman–Crippen LogP) is 3.11. The number of para-hydroxylation sites is 2. The van der Waals surface area contributed by atoms with E-state index < -0.39 is 11.4 Å². The normalized spacial score (nSPS) is 16.5. The Morgan fingerprint density at radius 1 is 1.26 bits per heavy atom. The molecule has 0 saturated heterocycles. The molecule has 104 valence electrons. The number of ether oxygens (including phenoxy) is 2. The summed E-state index contributed by atoms with van der Waals surface area (Å²) in [5.74, 6) is 0.702. The summed E-state index contributed by atoms with van der Waals surface area (Å²) in [6.45, 7) is 2.92. The zero-order valence-corrected chi connectivity index (χ0v) is 11.2. The molecule has 1 aromatic carbocycles. The zero-order chi connectivity index (χ0) is 13.7. The van der Waals surface area contributed by atoms with Gasteiger partial charge in [-0.05, 0) is 38.3 Å². The van der Waals surface area contributed by atoms with Crippen molar-refractivity contribution < 1.29 is 19.4 Å². The van der Waals surface area contributed by atoms with E-state index in [2.05, 4.69) is 0 Å². The van der Waals surface area contributed by atoms with Gasteiger partial charge in [-0.2, -0.15) is 0 Å². The van der Waals surface area contributed by atoms with Gasteiger partial charge in [0.05, 0.1) is 18.6 Å². The molecule has 0 unspecified atom stereocenters. The molecule has 0 aliphatic heterocycles. The minimum absolute atomic E-state index is 0.413. The maximum absolute atomic E-state index is 11.2. The maximum atomic E-state index is 11.2. The van der Waals surface area contributed by atoms with E-state index >= 15 is 0 Å². The van der Waals surface area contributed by atoms with Crippen LogP contribution in [-0.4, -0.2) is 24.3 Å². The number of benzene rings is 1. The number of hydrogen-bond donors (Lipinski definition) is 1. The van der Waals surface area contributed by atoms with E-state index in [4.69, 9.17) is 9.47 Å². The van der Waals surface area contributed by atoms with E-state index in [0.717, 1.165) is 19.3 Å². The Morgan fingerprint density at radius 3 is 2.37 bits per heavy atom. The van der Waals surface area contributed by atoms with Crippen LogP contribution in [0, 0.1) is 5.41 Å². The molecule has 2 rings (SSSR count). The summed E-state index contributed by atoms with van der Waals surface area (Å²) in [6.07, 6.45) is 3.09. The number of carbonyl (C=O) groups is 1. The Bertz CT molecular complexity index is 438. The Morgan fingerprint density at radius 2 is 1.89 bits per heavy atom. The molecule has 1 N–H and O–H groups in total. The topological polar surface area (TPSA) is 55.8 Å². The Hall–Kier alpha value is -1.71. The van der Waals surface area contributed by atoms with Crippen molar-refractivity contribution in [1.29, 1.82) is 0 Å². The molecule has 0 amide bonds. The van der Waals surface area contributed by atoms with E-state index in [1.54, 1.807) is 0 Å². The van der Waals surface area contributed by atoms with Crippen LogP contribution in [0.25, 0.3) is 0 Å². The number of carboxylic acid groups (broad SMARTS) is 1. The first-order valence-electron chi connectivity index (χ1n) is 6.76. The monoisotopic (exact) mass is 264 g/mol. The van der Waals surface area contributed by atoms with E-state index in [1.807, 2.05) is 31.2 Å². The first-order valence-corrected chi connectivity index (χ1v) is 6.76. The van der Waals surface area contributed by atoms with Gasteiger partial charge in [0.25, 0.3) is 0 Å². The van der Waals surface area contributed by atoms with Gasteiger partial charge >= 0.3 is 5.97 Å². The van der Waals surface area contributed by atoms with Crippen molar-refractivity contribution in [2.75, 3.05) is 13.2 Å². The van der Waals surface area contributed by atoms with Gasteiger partial charge in [-0.25, -0.2) is 0 Å². The molecule has 0 atom stereocenters. The van der Waals surface area contributed by atoms with Crippen LogP contribution in [0.3, 0.4) is 0 Å². The summed E-state index contributed by atoms with van der Waals surface area (Å²) < 4.78 is 11.1. The summed E-state index contributed by atoms with van der Waals surface area (Å²) in [5, 5.41) is 9.24. The summed E-state index contributed by atoms with van der Waals surface area (Å²) in [5.41, 5.74) is -0.555. The third kappa shape index (κ3) is 3.00. The first kappa shape index (κ1) is 13.7. The third-order valence-corrected chi connectivity index (χ3v) is 3.75. The molecule has 1 aliphatic carbocycles. The van der Waals surface area contributed by atoms with Crippen molar-refractivity contribution in [3.05, 3.63) is 24.3 Å². The SMILES string of the molecule is CCOc1ccccc1OCCC1(C(=O)O)CCC1. The lowest BCUT2D eigenvalue weighted by molar-refractivity contribution is -0.155. The average Bonchev–Trinajstić information content (AvgIpc) is 2.34. The van der Waals surface area contributed by atoms with Crippen LogP contribution in [0.1, 0.15) is 32.6 Å². The van der Waals surface area contributed by atoms with Crippen molar-refractivity contribution in [2.45, 2.75) is 32.6 Å². The van der Waals surface area contributed by atoms with Crippen molar-refractivity contribution in [2.24, 2.45) is 5.41 Å². The fraction of sp³-hybridized carbons (Fsp3) is 0.533. The zero-order valence-electron chi connectivity index (χ0n) is 11.2. The van der Waals surface area contributed by atoms with E-state index in [1.165, 1.54) is 0 Å². The highest BCUT2D eigenvalue weighted by Crippen LogP contribution is 2.44. The summed E-state index contributed by atoms with van der Waals surface area (Å²) in [7, 11) is 0. The van der Waals surface area contributed by atoms with Gasteiger partial charge < -0.3 is 14.6 Å². The highest BCUT2D eigenvalue weighted by Gasteiger charge is 2.43. The molecule has 0 bridgehead atoms. The number of hydrogen-bond acceptors (Lipinski definition) is 3. The second kappa shape index (κ2) is 5.95. The third-order valence-electron chi connectivity index (χ3n) is 3.75. The maximum Gasteiger partial charge on any atom is 0.309 e.